The lowest BCUT2D eigenvalue weighted by atomic mass is 10.1. The Bertz CT molecular complexity index is 1060. The number of hydrogen-bond donors (Lipinski definition) is 0. The van der Waals surface area contributed by atoms with E-state index in [0.29, 0.717) is 75.8 Å². The molecule has 7 heteroatoms. The molecule has 0 bridgehead atoms. The molecule has 150 valence electrons. The van der Waals surface area contributed by atoms with E-state index in [1.165, 1.54) is 0 Å². The van der Waals surface area contributed by atoms with Crippen LogP contribution in [0.25, 0.3) is 21.9 Å². The molecule has 1 heterocycles. The second-order valence-electron chi connectivity index (χ2n) is 5.83. The first-order chi connectivity index (χ1) is 13.6. The van der Waals surface area contributed by atoms with Crippen molar-refractivity contribution < 1.29 is 23.4 Å². The van der Waals surface area contributed by atoms with Crippen LogP contribution < -0.4 is 24.4 Å². The fourth-order valence-electron chi connectivity index (χ4n) is 3.04. The summed E-state index contributed by atoms with van der Waals surface area (Å²) >= 11 is 3.48. The molecule has 28 heavy (non-hydrogen) atoms. The van der Waals surface area contributed by atoms with Crippen molar-refractivity contribution in [1.29, 1.82) is 0 Å². The summed E-state index contributed by atoms with van der Waals surface area (Å²) in [5, 5.41) is 0.816. The van der Waals surface area contributed by atoms with Crippen molar-refractivity contribution in [3.05, 3.63) is 32.9 Å². The van der Waals surface area contributed by atoms with Crippen molar-refractivity contribution in [2.45, 2.75) is 27.7 Å². The fourth-order valence-corrected chi connectivity index (χ4v) is 3.56. The number of fused-ring (bicyclic) bond motifs is 2. The van der Waals surface area contributed by atoms with Crippen LogP contribution >= 0.6 is 15.9 Å². The van der Waals surface area contributed by atoms with Gasteiger partial charge in [0.05, 0.1) is 41.7 Å². The summed E-state index contributed by atoms with van der Waals surface area (Å²) in [5.41, 5.74) is 0.474. The standard InChI is InChI=1S/C21H23BrO6/c1-5-24-15-10-9-12-16(23)13-11-14(22)19(25-6-2)21(27-8-4)18(13)28-17(12)20(15)26-7-3/h9-11H,5-8H2,1-4H3. The molecule has 0 atom stereocenters. The minimum Gasteiger partial charge on any atom is -0.490 e. The number of halogens is 1. The maximum absolute atomic E-state index is 13.2. The van der Waals surface area contributed by atoms with Gasteiger partial charge in [-0.05, 0) is 61.8 Å². The van der Waals surface area contributed by atoms with Gasteiger partial charge in [0.1, 0.15) is 0 Å². The maximum atomic E-state index is 13.2. The van der Waals surface area contributed by atoms with Crippen molar-refractivity contribution in [2.75, 3.05) is 26.4 Å². The van der Waals surface area contributed by atoms with Crippen LogP contribution in [0.5, 0.6) is 23.0 Å². The Kier molecular flexibility index (Phi) is 6.34. The van der Waals surface area contributed by atoms with Crippen LogP contribution in [-0.4, -0.2) is 26.4 Å². The average Bonchev–Trinajstić information content (AvgIpc) is 2.68. The highest BCUT2D eigenvalue weighted by atomic mass is 79.9. The summed E-state index contributed by atoms with van der Waals surface area (Å²) < 4.78 is 29.8. The highest BCUT2D eigenvalue weighted by Gasteiger charge is 2.23. The Morgan fingerprint density at radius 2 is 1.36 bits per heavy atom. The molecular formula is C21H23BrO6. The van der Waals surface area contributed by atoms with E-state index in [2.05, 4.69) is 15.9 Å². The molecule has 0 saturated carbocycles. The van der Waals surface area contributed by atoms with Crippen LogP contribution in [0.3, 0.4) is 0 Å². The Morgan fingerprint density at radius 3 is 2.00 bits per heavy atom. The monoisotopic (exact) mass is 450 g/mol. The highest BCUT2D eigenvalue weighted by molar-refractivity contribution is 9.10. The molecule has 0 aliphatic heterocycles. The molecule has 3 rings (SSSR count). The Hall–Kier alpha value is -2.41. The largest absolute Gasteiger partial charge is 0.490 e. The van der Waals surface area contributed by atoms with Crippen molar-refractivity contribution >= 4 is 37.9 Å². The van der Waals surface area contributed by atoms with Gasteiger partial charge in [0.25, 0.3) is 0 Å². The third-order valence-electron chi connectivity index (χ3n) is 4.08. The Balaban J connectivity index is 2.45. The lowest BCUT2D eigenvalue weighted by Gasteiger charge is -2.16. The van der Waals surface area contributed by atoms with E-state index in [-0.39, 0.29) is 5.43 Å². The first-order valence-corrected chi connectivity index (χ1v) is 10.1. The van der Waals surface area contributed by atoms with Crippen LogP contribution in [0.1, 0.15) is 27.7 Å². The van der Waals surface area contributed by atoms with Gasteiger partial charge >= 0.3 is 0 Å². The lowest BCUT2D eigenvalue weighted by molar-refractivity contribution is 0.283. The predicted octanol–water partition coefficient (Wildman–Crippen LogP) is 5.30. The molecule has 0 amide bonds. The van der Waals surface area contributed by atoms with Gasteiger partial charge in [-0.15, -0.1) is 0 Å². The molecule has 0 radical (unpaired) electrons. The molecule has 0 N–H and O–H groups in total. The molecule has 0 aliphatic carbocycles. The van der Waals surface area contributed by atoms with E-state index in [0.717, 1.165) is 0 Å². The molecule has 0 unspecified atom stereocenters. The first-order valence-electron chi connectivity index (χ1n) is 9.34. The van der Waals surface area contributed by atoms with E-state index >= 15 is 0 Å². The minimum absolute atomic E-state index is 0.176. The molecule has 3 aromatic rings. The van der Waals surface area contributed by atoms with E-state index in [9.17, 15) is 4.79 Å². The Morgan fingerprint density at radius 1 is 0.786 bits per heavy atom. The number of hydrogen-bond acceptors (Lipinski definition) is 6. The predicted molar refractivity (Wildman–Crippen MR) is 112 cm³/mol. The van der Waals surface area contributed by atoms with E-state index in [4.69, 9.17) is 23.4 Å². The zero-order valence-electron chi connectivity index (χ0n) is 16.4. The van der Waals surface area contributed by atoms with Gasteiger partial charge in [-0.25, -0.2) is 0 Å². The van der Waals surface area contributed by atoms with E-state index < -0.39 is 0 Å². The van der Waals surface area contributed by atoms with Gasteiger partial charge in [-0.2, -0.15) is 0 Å². The quantitative estimate of drug-likeness (QED) is 0.433. The molecule has 0 spiro atoms. The number of benzene rings is 2. The van der Waals surface area contributed by atoms with Crippen molar-refractivity contribution in [2.24, 2.45) is 0 Å². The fraction of sp³-hybridized carbons (Fsp3) is 0.381. The van der Waals surface area contributed by atoms with Crippen LogP contribution in [0.15, 0.2) is 31.9 Å². The summed E-state index contributed by atoms with van der Waals surface area (Å²) in [6.07, 6.45) is 0. The SMILES string of the molecule is CCOc1ccc2c(=O)c3cc(Br)c(OCC)c(OCC)c3oc2c1OCC. The summed E-state index contributed by atoms with van der Waals surface area (Å²) in [6, 6.07) is 5.12. The zero-order valence-corrected chi connectivity index (χ0v) is 18.0. The van der Waals surface area contributed by atoms with Gasteiger partial charge in [0, 0.05) is 0 Å². The topological polar surface area (TPSA) is 67.1 Å². The average molecular weight is 451 g/mol. The minimum atomic E-state index is -0.176. The molecule has 6 nitrogen and oxygen atoms in total. The van der Waals surface area contributed by atoms with Crippen molar-refractivity contribution in [1.82, 2.24) is 0 Å². The van der Waals surface area contributed by atoms with Gasteiger partial charge in [0.2, 0.25) is 16.9 Å². The summed E-state index contributed by atoms with van der Waals surface area (Å²) in [6.45, 7) is 9.20. The van der Waals surface area contributed by atoms with Gasteiger partial charge in [-0.3, -0.25) is 4.79 Å². The normalized spacial score (nSPS) is 11.0. The second-order valence-corrected chi connectivity index (χ2v) is 6.68. The third-order valence-corrected chi connectivity index (χ3v) is 4.67. The lowest BCUT2D eigenvalue weighted by Crippen LogP contribution is -2.08. The van der Waals surface area contributed by atoms with E-state index in [1.807, 2.05) is 27.7 Å². The van der Waals surface area contributed by atoms with Crippen LogP contribution in [0.4, 0.5) is 0 Å². The summed E-state index contributed by atoms with van der Waals surface area (Å²) in [4.78, 5) is 13.2. The molecule has 0 fully saturated rings. The Labute approximate surface area is 171 Å². The summed E-state index contributed by atoms with van der Waals surface area (Å²) in [5.74, 6) is 1.82. The zero-order chi connectivity index (χ0) is 20.3. The van der Waals surface area contributed by atoms with E-state index in [1.54, 1.807) is 18.2 Å². The van der Waals surface area contributed by atoms with Crippen molar-refractivity contribution in [3.8, 4) is 23.0 Å². The number of ether oxygens (including phenoxy) is 4. The molecule has 1 aromatic heterocycles. The highest BCUT2D eigenvalue weighted by Crippen LogP contribution is 2.44. The van der Waals surface area contributed by atoms with Crippen molar-refractivity contribution in [3.63, 3.8) is 0 Å². The second kappa shape index (κ2) is 8.73. The van der Waals surface area contributed by atoms with Crippen LogP contribution in [0, 0.1) is 0 Å². The first kappa shape index (κ1) is 20.3. The molecule has 2 aromatic carbocycles. The van der Waals surface area contributed by atoms with Gasteiger partial charge in [-0.1, -0.05) is 0 Å². The smallest absolute Gasteiger partial charge is 0.206 e. The van der Waals surface area contributed by atoms with Gasteiger partial charge in [0.15, 0.2) is 22.7 Å². The maximum Gasteiger partial charge on any atom is 0.206 e. The summed E-state index contributed by atoms with van der Waals surface area (Å²) in [7, 11) is 0. The van der Waals surface area contributed by atoms with Gasteiger partial charge < -0.3 is 23.4 Å². The molecule has 0 aliphatic rings. The number of rotatable bonds is 8. The van der Waals surface area contributed by atoms with Crippen LogP contribution in [-0.2, 0) is 0 Å². The van der Waals surface area contributed by atoms with Crippen LogP contribution in [0.2, 0.25) is 0 Å². The molecular weight excluding hydrogens is 428 g/mol. The third kappa shape index (κ3) is 3.51. The molecule has 0 saturated heterocycles.